The van der Waals surface area contributed by atoms with Crippen LogP contribution in [-0.4, -0.2) is 48.0 Å². The Morgan fingerprint density at radius 3 is 2.86 bits per heavy atom. The van der Waals surface area contributed by atoms with Crippen molar-refractivity contribution in [2.24, 2.45) is 5.92 Å². The molecular formula is C22H22N6O. The molecule has 4 heterocycles. The third kappa shape index (κ3) is 3.51. The summed E-state index contributed by atoms with van der Waals surface area (Å²) in [5, 5.41) is 0. The second kappa shape index (κ2) is 7.50. The van der Waals surface area contributed by atoms with Gasteiger partial charge < -0.3 is 9.47 Å². The van der Waals surface area contributed by atoms with E-state index in [9.17, 15) is 4.79 Å². The molecule has 1 fully saturated rings. The summed E-state index contributed by atoms with van der Waals surface area (Å²) < 4.78 is 4.02. The standard InChI is InChI=1S/C22H22N6O/c29-22(27-9-4-5-17(14-27)13-26-10-8-23-15-26)18-11-20-21(24-12-18)28(16-25-20)19-6-2-1-3-7-19/h1-3,6-8,10-12,15-17H,4-5,9,13-14H2. The molecule has 3 aromatic heterocycles. The zero-order valence-electron chi connectivity index (χ0n) is 16.1. The number of piperidine rings is 1. The molecule has 0 radical (unpaired) electrons. The van der Waals surface area contributed by atoms with Crippen molar-refractivity contribution in [2.75, 3.05) is 13.1 Å². The number of hydrogen-bond acceptors (Lipinski definition) is 4. The number of carbonyl (C=O) groups is 1. The highest BCUT2D eigenvalue weighted by Gasteiger charge is 2.25. The van der Waals surface area contributed by atoms with E-state index in [2.05, 4.69) is 19.5 Å². The molecule has 146 valence electrons. The summed E-state index contributed by atoms with van der Waals surface area (Å²) in [7, 11) is 0. The maximum Gasteiger partial charge on any atom is 0.255 e. The number of rotatable bonds is 4. The molecule has 5 rings (SSSR count). The van der Waals surface area contributed by atoms with Gasteiger partial charge >= 0.3 is 0 Å². The van der Waals surface area contributed by atoms with Crippen molar-refractivity contribution in [3.05, 3.63) is 73.2 Å². The van der Waals surface area contributed by atoms with Crippen molar-refractivity contribution < 1.29 is 4.79 Å². The third-order valence-electron chi connectivity index (χ3n) is 5.50. The summed E-state index contributed by atoms with van der Waals surface area (Å²) >= 11 is 0. The summed E-state index contributed by atoms with van der Waals surface area (Å²) in [6.07, 6.45) is 11.2. The lowest BCUT2D eigenvalue weighted by Gasteiger charge is -2.33. The van der Waals surface area contributed by atoms with Gasteiger partial charge in [-0.05, 0) is 37.0 Å². The molecule has 0 saturated carbocycles. The van der Waals surface area contributed by atoms with Crippen molar-refractivity contribution in [3.8, 4) is 5.69 Å². The first kappa shape index (κ1) is 17.6. The number of fused-ring (bicyclic) bond motifs is 1. The minimum Gasteiger partial charge on any atom is -0.338 e. The van der Waals surface area contributed by atoms with Crippen LogP contribution in [0.25, 0.3) is 16.9 Å². The molecule has 7 nitrogen and oxygen atoms in total. The molecule has 1 aromatic carbocycles. The predicted molar refractivity (Wildman–Crippen MR) is 110 cm³/mol. The number of carbonyl (C=O) groups excluding carboxylic acids is 1. The first-order valence-electron chi connectivity index (χ1n) is 9.91. The van der Waals surface area contributed by atoms with Gasteiger partial charge in [0, 0.05) is 43.9 Å². The highest BCUT2D eigenvalue weighted by Crippen LogP contribution is 2.22. The average Bonchev–Trinajstić information content (AvgIpc) is 3.43. The Hall–Kier alpha value is -3.48. The lowest BCUT2D eigenvalue weighted by atomic mass is 9.97. The number of amides is 1. The third-order valence-corrected chi connectivity index (χ3v) is 5.50. The summed E-state index contributed by atoms with van der Waals surface area (Å²) in [5.41, 5.74) is 3.08. The number of likely N-dealkylation sites (tertiary alicyclic amines) is 1. The highest BCUT2D eigenvalue weighted by atomic mass is 16.2. The molecule has 1 aliphatic heterocycles. The monoisotopic (exact) mass is 386 g/mol. The van der Waals surface area contributed by atoms with Crippen LogP contribution >= 0.6 is 0 Å². The smallest absolute Gasteiger partial charge is 0.255 e. The lowest BCUT2D eigenvalue weighted by molar-refractivity contribution is 0.0662. The van der Waals surface area contributed by atoms with Gasteiger partial charge in [-0.25, -0.2) is 15.0 Å². The van der Waals surface area contributed by atoms with Crippen molar-refractivity contribution in [1.29, 1.82) is 0 Å². The van der Waals surface area contributed by atoms with E-state index < -0.39 is 0 Å². The number of pyridine rings is 1. The van der Waals surface area contributed by atoms with E-state index in [1.165, 1.54) is 0 Å². The predicted octanol–water partition coefficient (Wildman–Crippen LogP) is 3.17. The molecule has 29 heavy (non-hydrogen) atoms. The van der Waals surface area contributed by atoms with Gasteiger partial charge in [0.15, 0.2) is 5.65 Å². The number of benzene rings is 1. The van der Waals surface area contributed by atoms with E-state index in [1.54, 1.807) is 18.7 Å². The van der Waals surface area contributed by atoms with E-state index in [0.717, 1.165) is 49.3 Å². The maximum atomic E-state index is 13.1. The van der Waals surface area contributed by atoms with Crippen LogP contribution in [0.4, 0.5) is 0 Å². The van der Waals surface area contributed by atoms with Gasteiger partial charge in [-0.2, -0.15) is 0 Å². The first-order valence-corrected chi connectivity index (χ1v) is 9.91. The minimum atomic E-state index is 0.0315. The average molecular weight is 386 g/mol. The lowest BCUT2D eigenvalue weighted by Crippen LogP contribution is -2.41. The molecular weight excluding hydrogens is 364 g/mol. The molecule has 1 unspecified atom stereocenters. The zero-order chi connectivity index (χ0) is 19.6. The van der Waals surface area contributed by atoms with Gasteiger partial charge in [0.05, 0.1) is 11.9 Å². The quantitative estimate of drug-likeness (QED) is 0.540. The number of nitrogens with zero attached hydrogens (tertiary/aromatic N) is 6. The molecule has 1 atom stereocenters. The molecule has 7 heteroatoms. The van der Waals surface area contributed by atoms with Crippen molar-refractivity contribution in [2.45, 2.75) is 19.4 Å². The summed E-state index contributed by atoms with van der Waals surface area (Å²) in [4.78, 5) is 28.2. The van der Waals surface area contributed by atoms with Crippen molar-refractivity contribution in [1.82, 2.24) is 29.0 Å². The normalized spacial score (nSPS) is 17.0. The Bertz CT molecular complexity index is 1120. The Morgan fingerprint density at radius 2 is 2.03 bits per heavy atom. The summed E-state index contributed by atoms with van der Waals surface area (Å²) in [5.74, 6) is 0.472. The van der Waals surface area contributed by atoms with Crippen LogP contribution in [0.1, 0.15) is 23.2 Å². The van der Waals surface area contributed by atoms with Gasteiger partial charge in [0.1, 0.15) is 11.8 Å². The number of para-hydroxylation sites is 1. The van der Waals surface area contributed by atoms with Crippen molar-refractivity contribution >= 4 is 17.1 Å². The van der Waals surface area contributed by atoms with Gasteiger partial charge in [-0.3, -0.25) is 9.36 Å². The molecule has 0 bridgehead atoms. The van der Waals surface area contributed by atoms with Crippen molar-refractivity contribution in [3.63, 3.8) is 0 Å². The largest absolute Gasteiger partial charge is 0.338 e. The summed E-state index contributed by atoms with van der Waals surface area (Å²) in [6, 6.07) is 11.8. The molecule has 0 N–H and O–H groups in total. The maximum absolute atomic E-state index is 13.1. The van der Waals surface area contributed by atoms with Crippen LogP contribution in [0.15, 0.2) is 67.6 Å². The second-order valence-corrected chi connectivity index (χ2v) is 7.54. The fourth-order valence-electron chi connectivity index (χ4n) is 4.07. The van der Waals surface area contributed by atoms with Crippen LogP contribution < -0.4 is 0 Å². The zero-order valence-corrected chi connectivity index (χ0v) is 16.1. The van der Waals surface area contributed by atoms with E-state index in [1.807, 2.05) is 58.4 Å². The summed E-state index contributed by atoms with van der Waals surface area (Å²) in [6.45, 7) is 2.44. The topological polar surface area (TPSA) is 68.8 Å². The highest BCUT2D eigenvalue weighted by molar-refractivity contribution is 5.96. The number of aromatic nitrogens is 5. The Morgan fingerprint density at radius 1 is 1.14 bits per heavy atom. The SMILES string of the molecule is O=C(c1cnc2c(c1)ncn2-c1ccccc1)N1CCCC(Cn2ccnc2)C1. The Kier molecular flexibility index (Phi) is 4.56. The molecule has 1 aliphatic rings. The molecule has 1 amide bonds. The van der Waals surface area contributed by atoms with E-state index >= 15 is 0 Å². The number of hydrogen-bond donors (Lipinski definition) is 0. The van der Waals surface area contributed by atoms with Gasteiger partial charge in [-0.15, -0.1) is 0 Å². The minimum absolute atomic E-state index is 0.0315. The molecule has 4 aromatic rings. The first-order chi connectivity index (χ1) is 14.3. The van der Waals surface area contributed by atoms with Gasteiger partial charge in [-0.1, -0.05) is 18.2 Å². The van der Waals surface area contributed by atoms with Crippen LogP contribution in [0.5, 0.6) is 0 Å². The Balaban J connectivity index is 1.35. The Labute approximate surface area is 168 Å². The van der Waals surface area contributed by atoms with E-state index in [-0.39, 0.29) is 5.91 Å². The van der Waals surface area contributed by atoms with E-state index in [4.69, 9.17) is 0 Å². The van der Waals surface area contributed by atoms with Gasteiger partial charge in [0.25, 0.3) is 5.91 Å². The molecule has 0 spiro atoms. The number of imidazole rings is 2. The van der Waals surface area contributed by atoms with Crippen LogP contribution in [0.2, 0.25) is 0 Å². The molecule has 1 saturated heterocycles. The fourth-order valence-corrected chi connectivity index (χ4v) is 4.07. The second-order valence-electron chi connectivity index (χ2n) is 7.54. The van der Waals surface area contributed by atoms with Crippen LogP contribution in [0.3, 0.4) is 0 Å². The van der Waals surface area contributed by atoms with E-state index in [0.29, 0.717) is 11.5 Å². The molecule has 0 aliphatic carbocycles. The van der Waals surface area contributed by atoms with Gasteiger partial charge in [0.2, 0.25) is 0 Å². The van der Waals surface area contributed by atoms with Crippen LogP contribution in [-0.2, 0) is 6.54 Å². The fraction of sp³-hybridized carbons (Fsp3) is 0.273. The van der Waals surface area contributed by atoms with Crippen LogP contribution in [0, 0.1) is 5.92 Å².